The van der Waals surface area contributed by atoms with Crippen LogP contribution in [-0.4, -0.2) is 17.0 Å². The first kappa shape index (κ1) is 12.9. The molecule has 100 valence electrons. The average Bonchev–Trinajstić information content (AvgIpc) is 2.92. The van der Waals surface area contributed by atoms with E-state index in [0.29, 0.717) is 22.8 Å². The number of furan rings is 1. The molecular weight excluding hydrogens is 250 g/mol. The van der Waals surface area contributed by atoms with E-state index in [4.69, 9.17) is 8.94 Å². The van der Waals surface area contributed by atoms with Crippen molar-refractivity contribution in [2.24, 2.45) is 0 Å². The fourth-order valence-electron chi connectivity index (χ4n) is 1.57. The molecule has 0 bridgehead atoms. The number of aromatic nitrogens is 1. The van der Waals surface area contributed by atoms with Gasteiger partial charge in [-0.15, -0.1) is 0 Å². The molecule has 2 N–H and O–H groups in total. The van der Waals surface area contributed by atoms with Gasteiger partial charge in [0, 0.05) is 6.07 Å². The van der Waals surface area contributed by atoms with Crippen molar-refractivity contribution in [1.82, 2.24) is 16.0 Å². The van der Waals surface area contributed by atoms with Gasteiger partial charge >= 0.3 is 5.91 Å². The Morgan fingerprint density at radius 1 is 1.11 bits per heavy atom. The zero-order valence-corrected chi connectivity index (χ0v) is 10.7. The molecule has 2 heterocycles. The molecule has 0 spiro atoms. The summed E-state index contributed by atoms with van der Waals surface area (Å²) in [6.45, 7) is 5.10. The van der Waals surface area contributed by atoms with Gasteiger partial charge in [-0.3, -0.25) is 20.4 Å². The summed E-state index contributed by atoms with van der Waals surface area (Å²) in [4.78, 5) is 23.4. The van der Waals surface area contributed by atoms with Gasteiger partial charge in [0.1, 0.15) is 11.5 Å². The number of aryl methyl sites for hydroxylation is 3. The minimum atomic E-state index is -0.577. The quantitative estimate of drug-likeness (QED) is 0.795. The normalized spacial score (nSPS) is 10.3. The molecule has 0 unspecified atom stereocenters. The van der Waals surface area contributed by atoms with Crippen molar-refractivity contribution in [1.29, 1.82) is 0 Å². The van der Waals surface area contributed by atoms with Crippen LogP contribution in [0.1, 0.15) is 38.1 Å². The second-order valence-electron chi connectivity index (χ2n) is 4.07. The average molecular weight is 263 g/mol. The summed E-state index contributed by atoms with van der Waals surface area (Å²) < 4.78 is 9.99. The van der Waals surface area contributed by atoms with Crippen LogP contribution in [0.15, 0.2) is 21.1 Å². The van der Waals surface area contributed by atoms with Gasteiger partial charge in [-0.05, 0) is 26.8 Å². The van der Waals surface area contributed by atoms with Crippen molar-refractivity contribution in [3.63, 3.8) is 0 Å². The Bertz CT molecular complexity index is 627. The van der Waals surface area contributed by atoms with Crippen molar-refractivity contribution in [3.8, 4) is 0 Å². The molecule has 0 radical (unpaired) electrons. The van der Waals surface area contributed by atoms with E-state index in [1.807, 2.05) is 0 Å². The lowest BCUT2D eigenvalue weighted by Gasteiger charge is -2.04. The Morgan fingerprint density at radius 2 is 1.79 bits per heavy atom. The Hall–Kier alpha value is -2.57. The van der Waals surface area contributed by atoms with Crippen molar-refractivity contribution < 1.29 is 18.5 Å². The largest absolute Gasteiger partial charge is 0.466 e. The Balaban J connectivity index is 1.97. The SMILES string of the molecule is Cc1cc(C(=O)NNC(=O)c2cc(C)oc2C)on1. The van der Waals surface area contributed by atoms with E-state index < -0.39 is 11.8 Å². The minimum Gasteiger partial charge on any atom is -0.466 e. The lowest BCUT2D eigenvalue weighted by atomic mass is 10.2. The first-order valence-electron chi connectivity index (χ1n) is 5.58. The third kappa shape index (κ3) is 2.82. The van der Waals surface area contributed by atoms with E-state index in [9.17, 15) is 9.59 Å². The Kier molecular flexibility index (Phi) is 3.37. The molecule has 0 saturated carbocycles. The second kappa shape index (κ2) is 4.97. The smallest absolute Gasteiger partial charge is 0.308 e. The number of hydrazine groups is 1. The van der Waals surface area contributed by atoms with Crippen molar-refractivity contribution in [2.75, 3.05) is 0 Å². The molecule has 0 aromatic carbocycles. The van der Waals surface area contributed by atoms with Crippen LogP contribution in [0.4, 0.5) is 0 Å². The maximum absolute atomic E-state index is 11.8. The molecule has 0 aliphatic heterocycles. The predicted octanol–water partition coefficient (Wildman–Crippen LogP) is 1.27. The van der Waals surface area contributed by atoms with Gasteiger partial charge in [0.05, 0.1) is 11.3 Å². The fraction of sp³-hybridized carbons (Fsp3) is 0.250. The van der Waals surface area contributed by atoms with E-state index >= 15 is 0 Å². The van der Waals surface area contributed by atoms with Crippen LogP contribution >= 0.6 is 0 Å². The van der Waals surface area contributed by atoms with E-state index in [-0.39, 0.29) is 5.76 Å². The highest BCUT2D eigenvalue weighted by atomic mass is 16.5. The van der Waals surface area contributed by atoms with Crippen molar-refractivity contribution in [2.45, 2.75) is 20.8 Å². The number of amides is 2. The van der Waals surface area contributed by atoms with Crippen LogP contribution in [0.5, 0.6) is 0 Å². The summed E-state index contributed by atoms with van der Waals surface area (Å²) in [6, 6.07) is 3.06. The molecule has 0 atom stereocenters. The molecule has 0 fully saturated rings. The zero-order valence-electron chi connectivity index (χ0n) is 10.7. The molecule has 7 heteroatoms. The minimum absolute atomic E-state index is 0.0258. The lowest BCUT2D eigenvalue weighted by Crippen LogP contribution is -2.41. The predicted molar refractivity (Wildman–Crippen MR) is 64.4 cm³/mol. The van der Waals surface area contributed by atoms with E-state index in [1.165, 1.54) is 6.07 Å². The van der Waals surface area contributed by atoms with Gasteiger partial charge in [-0.2, -0.15) is 0 Å². The Labute approximate surface area is 108 Å². The number of hydrogen-bond acceptors (Lipinski definition) is 5. The van der Waals surface area contributed by atoms with Crippen LogP contribution in [-0.2, 0) is 0 Å². The molecule has 0 saturated heterocycles. The third-order valence-corrected chi connectivity index (χ3v) is 2.43. The number of rotatable bonds is 2. The maximum atomic E-state index is 11.8. The molecule has 0 aliphatic carbocycles. The summed E-state index contributed by atoms with van der Waals surface area (Å²) in [5, 5.41) is 3.58. The van der Waals surface area contributed by atoms with Crippen LogP contribution in [0.2, 0.25) is 0 Å². The van der Waals surface area contributed by atoms with Crippen LogP contribution in [0, 0.1) is 20.8 Å². The van der Waals surface area contributed by atoms with Crippen molar-refractivity contribution >= 4 is 11.8 Å². The highest BCUT2D eigenvalue weighted by Crippen LogP contribution is 2.12. The van der Waals surface area contributed by atoms with Crippen LogP contribution in [0.25, 0.3) is 0 Å². The van der Waals surface area contributed by atoms with Gasteiger partial charge in [0.25, 0.3) is 5.91 Å². The summed E-state index contributed by atoms with van der Waals surface area (Å²) in [7, 11) is 0. The topological polar surface area (TPSA) is 97.4 Å². The number of nitrogens with one attached hydrogen (secondary N) is 2. The third-order valence-electron chi connectivity index (χ3n) is 2.43. The summed E-state index contributed by atoms with van der Waals surface area (Å²) >= 11 is 0. The number of hydrogen-bond donors (Lipinski definition) is 2. The van der Waals surface area contributed by atoms with Gasteiger partial charge in [-0.1, -0.05) is 5.16 Å². The van der Waals surface area contributed by atoms with Crippen molar-refractivity contribution in [3.05, 3.63) is 40.7 Å². The highest BCUT2D eigenvalue weighted by molar-refractivity contribution is 5.98. The molecule has 7 nitrogen and oxygen atoms in total. The Morgan fingerprint density at radius 3 is 2.32 bits per heavy atom. The van der Waals surface area contributed by atoms with Gasteiger partial charge in [-0.25, -0.2) is 0 Å². The number of nitrogens with zero attached hydrogens (tertiary/aromatic N) is 1. The van der Waals surface area contributed by atoms with Crippen LogP contribution in [0.3, 0.4) is 0 Å². The van der Waals surface area contributed by atoms with E-state index in [0.717, 1.165) is 0 Å². The van der Waals surface area contributed by atoms with Gasteiger partial charge in [0.15, 0.2) is 0 Å². The number of carbonyl (C=O) groups is 2. The molecule has 2 aromatic heterocycles. The zero-order chi connectivity index (χ0) is 14.0. The molecule has 2 aromatic rings. The first-order chi connectivity index (χ1) is 8.97. The summed E-state index contributed by atoms with van der Waals surface area (Å²) in [5.41, 5.74) is 5.46. The number of carbonyl (C=O) groups excluding carboxylic acids is 2. The second-order valence-corrected chi connectivity index (χ2v) is 4.07. The molecule has 19 heavy (non-hydrogen) atoms. The first-order valence-corrected chi connectivity index (χ1v) is 5.58. The van der Waals surface area contributed by atoms with Gasteiger partial charge in [0.2, 0.25) is 5.76 Å². The molecule has 2 rings (SSSR count). The lowest BCUT2D eigenvalue weighted by molar-refractivity contribution is 0.0824. The molecule has 0 aliphatic rings. The fourth-order valence-corrected chi connectivity index (χ4v) is 1.57. The summed E-state index contributed by atoms with van der Waals surface area (Å²) in [6.07, 6.45) is 0. The van der Waals surface area contributed by atoms with E-state index in [2.05, 4.69) is 16.0 Å². The standard InChI is InChI=1S/C12H13N3O4/c1-6-4-10(19-15-6)12(17)14-13-11(16)9-5-7(2)18-8(9)3/h4-5H,1-3H3,(H,13,16)(H,14,17). The molecule has 2 amide bonds. The highest BCUT2D eigenvalue weighted by Gasteiger charge is 2.16. The molecular formula is C12H13N3O4. The monoisotopic (exact) mass is 263 g/mol. The van der Waals surface area contributed by atoms with E-state index in [1.54, 1.807) is 26.8 Å². The van der Waals surface area contributed by atoms with Gasteiger partial charge < -0.3 is 8.94 Å². The summed E-state index contributed by atoms with van der Waals surface area (Å²) in [5.74, 6) is 0.100. The van der Waals surface area contributed by atoms with Crippen LogP contribution < -0.4 is 10.9 Å². The maximum Gasteiger partial charge on any atom is 0.308 e.